The van der Waals surface area contributed by atoms with E-state index in [2.05, 4.69) is 4.98 Å². The molecule has 0 amide bonds. The molecule has 1 aromatic carbocycles. The summed E-state index contributed by atoms with van der Waals surface area (Å²) >= 11 is 0. The van der Waals surface area contributed by atoms with Gasteiger partial charge in [0.05, 0.1) is 17.1 Å². The molecule has 0 bridgehead atoms. The highest BCUT2D eigenvalue weighted by Crippen LogP contribution is 2.26. The fourth-order valence-corrected chi connectivity index (χ4v) is 1.77. The average molecular weight is 302 g/mol. The molecule has 2 aromatic rings. The molecule has 0 saturated carbocycles. The highest BCUT2D eigenvalue weighted by atomic mass is 16.6. The molecule has 0 aliphatic heterocycles. The van der Waals surface area contributed by atoms with Gasteiger partial charge >= 0.3 is 5.97 Å². The van der Waals surface area contributed by atoms with Crippen molar-refractivity contribution >= 4 is 11.7 Å². The zero-order valence-electron chi connectivity index (χ0n) is 12.1. The van der Waals surface area contributed by atoms with Gasteiger partial charge in [0.1, 0.15) is 11.9 Å². The first-order chi connectivity index (χ1) is 10.5. The van der Waals surface area contributed by atoms with Gasteiger partial charge in [0, 0.05) is 11.6 Å². The van der Waals surface area contributed by atoms with E-state index in [4.69, 9.17) is 9.47 Å². The summed E-state index contributed by atoms with van der Waals surface area (Å²) in [6, 6.07) is 7.83. The second-order valence-electron chi connectivity index (χ2n) is 4.42. The van der Waals surface area contributed by atoms with Crippen molar-refractivity contribution in [2.45, 2.75) is 13.8 Å². The number of rotatable bonds is 5. The van der Waals surface area contributed by atoms with Gasteiger partial charge in [-0.2, -0.15) is 0 Å². The smallest absolute Gasteiger partial charge is 0.338 e. The van der Waals surface area contributed by atoms with Crippen LogP contribution in [0.25, 0.3) is 0 Å². The minimum atomic E-state index is -0.523. The molecule has 0 atom stereocenters. The largest absolute Gasteiger partial charge is 0.462 e. The molecule has 1 heterocycles. The number of benzene rings is 1. The van der Waals surface area contributed by atoms with Gasteiger partial charge in [-0.1, -0.05) is 6.07 Å². The fourth-order valence-electron chi connectivity index (χ4n) is 1.77. The number of nitro groups is 1. The summed E-state index contributed by atoms with van der Waals surface area (Å²) in [5.74, 6) is 0.197. The quantitative estimate of drug-likeness (QED) is 0.478. The number of nitrogens with zero attached hydrogens (tertiary/aromatic N) is 2. The number of esters is 1. The van der Waals surface area contributed by atoms with Crippen LogP contribution in [0.5, 0.6) is 11.6 Å². The maximum absolute atomic E-state index is 11.7. The molecule has 0 unspecified atom stereocenters. The molecule has 0 spiro atoms. The lowest BCUT2D eigenvalue weighted by Gasteiger charge is -2.08. The van der Waals surface area contributed by atoms with Gasteiger partial charge in [0.25, 0.3) is 5.69 Å². The third kappa shape index (κ3) is 3.57. The van der Waals surface area contributed by atoms with Gasteiger partial charge in [-0.05, 0) is 32.0 Å². The lowest BCUT2D eigenvalue weighted by molar-refractivity contribution is -0.385. The first-order valence-corrected chi connectivity index (χ1v) is 6.57. The molecule has 0 saturated heterocycles. The molecular formula is C15H14N2O5. The van der Waals surface area contributed by atoms with Crippen LogP contribution in [0.4, 0.5) is 5.69 Å². The molecule has 0 aliphatic carbocycles. The van der Waals surface area contributed by atoms with Gasteiger partial charge < -0.3 is 9.47 Å². The van der Waals surface area contributed by atoms with Gasteiger partial charge in [-0.25, -0.2) is 9.78 Å². The van der Waals surface area contributed by atoms with Crippen LogP contribution in [0, 0.1) is 17.0 Å². The zero-order valence-corrected chi connectivity index (χ0v) is 12.1. The normalized spacial score (nSPS) is 10.1. The average Bonchev–Trinajstić information content (AvgIpc) is 2.49. The summed E-state index contributed by atoms with van der Waals surface area (Å²) < 4.78 is 10.5. The molecule has 7 nitrogen and oxygen atoms in total. The van der Waals surface area contributed by atoms with Crippen molar-refractivity contribution in [3.63, 3.8) is 0 Å². The van der Waals surface area contributed by atoms with Crippen molar-refractivity contribution in [2.75, 3.05) is 6.61 Å². The number of aromatic nitrogens is 1. The SMILES string of the molecule is CCOC(=O)c1cccc(Oc2ncc([N+](=O)[O-])cc2C)c1. The Hall–Kier alpha value is -2.96. The topological polar surface area (TPSA) is 91.6 Å². The third-order valence-electron chi connectivity index (χ3n) is 2.79. The molecule has 114 valence electrons. The van der Waals surface area contributed by atoms with E-state index in [0.717, 1.165) is 6.20 Å². The Bertz CT molecular complexity index is 715. The van der Waals surface area contributed by atoms with Crippen LogP contribution < -0.4 is 4.74 Å². The van der Waals surface area contributed by atoms with Gasteiger partial charge in [-0.3, -0.25) is 10.1 Å². The van der Waals surface area contributed by atoms with Gasteiger partial charge in [0.2, 0.25) is 5.88 Å². The second-order valence-corrected chi connectivity index (χ2v) is 4.42. The van der Waals surface area contributed by atoms with E-state index in [1.807, 2.05) is 0 Å². The summed E-state index contributed by atoms with van der Waals surface area (Å²) in [4.78, 5) is 25.7. The zero-order chi connectivity index (χ0) is 16.1. The van der Waals surface area contributed by atoms with Crippen molar-refractivity contribution in [2.24, 2.45) is 0 Å². The van der Waals surface area contributed by atoms with E-state index in [9.17, 15) is 14.9 Å². The molecule has 22 heavy (non-hydrogen) atoms. The van der Waals surface area contributed by atoms with E-state index in [-0.39, 0.29) is 18.2 Å². The number of carbonyl (C=O) groups excluding carboxylic acids is 1. The number of aryl methyl sites for hydroxylation is 1. The highest BCUT2D eigenvalue weighted by molar-refractivity contribution is 5.89. The summed E-state index contributed by atoms with van der Waals surface area (Å²) in [5.41, 5.74) is 0.778. The Kier molecular flexibility index (Phi) is 4.67. The highest BCUT2D eigenvalue weighted by Gasteiger charge is 2.12. The van der Waals surface area contributed by atoms with Crippen LogP contribution in [0.2, 0.25) is 0 Å². The molecule has 2 rings (SSSR count). The Balaban J connectivity index is 2.22. The second kappa shape index (κ2) is 6.66. The third-order valence-corrected chi connectivity index (χ3v) is 2.79. The maximum Gasteiger partial charge on any atom is 0.338 e. The van der Waals surface area contributed by atoms with Crippen LogP contribution >= 0.6 is 0 Å². The first kappa shape index (κ1) is 15.4. The predicted molar refractivity (Wildman–Crippen MR) is 78.1 cm³/mol. The molecule has 0 fully saturated rings. The van der Waals surface area contributed by atoms with Crippen molar-refractivity contribution in [3.05, 3.63) is 57.8 Å². The Morgan fingerprint density at radius 2 is 2.14 bits per heavy atom. The van der Waals surface area contributed by atoms with E-state index in [0.29, 0.717) is 16.9 Å². The molecule has 0 aliphatic rings. The van der Waals surface area contributed by atoms with E-state index in [1.165, 1.54) is 12.1 Å². The van der Waals surface area contributed by atoms with Crippen molar-refractivity contribution < 1.29 is 19.2 Å². The molecular weight excluding hydrogens is 288 g/mol. The van der Waals surface area contributed by atoms with E-state index >= 15 is 0 Å². The lowest BCUT2D eigenvalue weighted by atomic mass is 10.2. The van der Waals surface area contributed by atoms with E-state index < -0.39 is 10.9 Å². The van der Waals surface area contributed by atoms with Crippen molar-refractivity contribution in [1.82, 2.24) is 4.98 Å². The van der Waals surface area contributed by atoms with Crippen molar-refractivity contribution in [1.29, 1.82) is 0 Å². The van der Waals surface area contributed by atoms with Crippen molar-refractivity contribution in [3.8, 4) is 11.6 Å². The number of ether oxygens (including phenoxy) is 2. The summed E-state index contributed by atoms with van der Waals surface area (Å²) in [7, 11) is 0. The minimum Gasteiger partial charge on any atom is -0.462 e. The first-order valence-electron chi connectivity index (χ1n) is 6.57. The number of carbonyl (C=O) groups is 1. The fraction of sp³-hybridized carbons (Fsp3) is 0.200. The van der Waals surface area contributed by atoms with Crippen LogP contribution in [0.15, 0.2) is 36.5 Å². The monoisotopic (exact) mass is 302 g/mol. The number of pyridine rings is 1. The Labute approximate surface area is 126 Å². The molecule has 7 heteroatoms. The number of hydrogen-bond acceptors (Lipinski definition) is 6. The number of hydrogen-bond donors (Lipinski definition) is 0. The van der Waals surface area contributed by atoms with Gasteiger partial charge in [-0.15, -0.1) is 0 Å². The lowest BCUT2D eigenvalue weighted by Crippen LogP contribution is -2.04. The Morgan fingerprint density at radius 3 is 2.77 bits per heavy atom. The van der Waals surface area contributed by atoms with Gasteiger partial charge in [0.15, 0.2) is 0 Å². The van der Waals surface area contributed by atoms with Crippen LogP contribution in [-0.4, -0.2) is 22.5 Å². The van der Waals surface area contributed by atoms with Crippen LogP contribution in [0.3, 0.4) is 0 Å². The molecule has 0 N–H and O–H groups in total. The summed E-state index contributed by atoms with van der Waals surface area (Å²) in [6.07, 6.45) is 1.12. The van der Waals surface area contributed by atoms with E-state index in [1.54, 1.807) is 32.0 Å². The standard InChI is InChI=1S/C15H14N2O5/c1-3-21-15(18)11-5-4-6-13(8-11)22-14-10(2)7-12(9-16-14)17(19)20/h4-9H,3H2,1-2H3. The van der Waals surface area contributed by atoms with Crippen LogP contribution in [0.1, 0.15) is 22.8 Å². The molecule has 1 aromatic heterocycles. The van der Waals surface area contributed by atoms with Crippen LogP contribution in [-0.2, 0) is 4.74 Å². The molecule has 0 radical (unpaired) electrons. The maximum atomic E-state index is 11.7. The predicted octanol–water partition coefficient (Wildman–Crippen LogP) is 3.27. The summed E-state index contributed by atoms with van der Waals surface area (Å²) in [5, 5.41) is 10.7. The summed E-state index contributed by atoms with van der Waals surface area (Å²) in [6.45, 7) is 3.67. The minimum absolute atomic E-state index is 0.106. The Morgan fingerprint density at radius 1 is 1.36 bits per heavy atom.